The van der Waals surface area contributed by atoms with Crippen molar-refractivity contribution in [2.45, 2.75) is 12.5 Å². The Hall–Kier alpha value is -2.53. The molecule has 2 aromatic carbocycles. The Morgan fingerprint density at radius 3 is 2.57 bits per heavy atom. The normalized spacial score (nSPS) is 13.9. The van der Waals surface area contributed by atoms with E-state index in [1.807, 2.05) is 30.3 Å². The lowest BCUT2D eigenvalue weighted by Gasteiger charge is -2.20. The maximum atomic E-state index is 13.2. The van der Waals surface area contributed by atoms with E-state index in [0.29, 0.717) is 11.4 Å². The molecule has 5 heteroatoms. The van der Waals surface area contributed by atoms with Gasteiger partial charge >= 0.3 is 0 Å². The Kier molecular flexibility index (Phi) is 3.27. The van der Waals surface area contributed by atoms with Gasteiger partial charge in [-0.25, -0.2) is 4.39 Å². The lowest BCUT2D eigenvalue weighted by atomic mass is 9.93. The summed E-state index contributed by atoms with van der Waals surface area (Å²) in [6.45, 7) is 1.80. The van der Waals surface area contributed by atoms with Crippen molar-refractivity contribution in [2.75, 3.05) is 0 Å². The third kappa shape index (κ3) is 2.55. The molecular formula is C16H14FN3O. The van der Waals surface area contributed by atoms with Crippen LogP contribution in [0.15, 0.2) is 59.1 Å². The highest BCUT2D eigenvalue weighted by atomic mass is 19.1. The number of hydrogen-bond donors (Lipinski definition) is 1. The summed E-state index contributed by atoms with van der Waals surface area (Å²) in [5.41, 5.74) is 6.82. The van der Waals surface area contributed by atoms with Crippen LogP contribution >= 0.6 is 0 Å². The predicted octanol–water partition coefficient (Wildman–Crippen LogP) is 3.10. The van der Waals surface area contributed by atoms with Gasteiger partial charge in [-0.05, 0) is 24.6 Å². The van der Waals surface area contributed by atoms with Gasteiger partial charge in [0.2, 0.25) is 5.82 Å². The number of nitrogens with two attached hydrogens (primary N) is 1. The van der Waals surface area contributed by atoms with Crippen molar-refractivity contribution in [3.63, 3.8) is 0 Å². The van der Waals surface area contributed by atoms with Crippen molar-refractivity contribution in [2.24, 2.45) is 5.73 Å². The number of aromatic nitrogens is 2. The number of halogens is 1. The maximum Gasteiger partial charge on any atom is 0.251 e. The first-order valence-corrected chi connectivity index (χ1v) is 6.52. The first-order chi connectivity index (χ1) is 10.1. The van der Waals surface area contributed by atoms with E-state index in [0.717, 1.165) is 5.56 Å². The third-order valence-corrected chi connectivity index (χ3v) is 3.33. The quantitative estimate of drug-likeness (QED) is 0.802. The summed E-state index contributed by atoms with van der Waals surface area (Å²) in [7, 11) is 0. The Balaban J connectivity index is 1.98. The first kappa shape index (κ1) is 13.5. The van der Waals surface area contributed by atoms with Crippen molar-refractivity contribution < 1.29 is 8.91 Å². The highest BCUT2D eigenvalue weighted by Gasteiger charge is 2.30. The summed E-state index contributed by atoms with van der Waals surface area (Å²) < 4.78 is 18.5. The van der Waals surface area contributed by atoms with E-state index in [2.05, 4.69) is 10.1 Å². The van der Waals surface area contributed by atoms with Crippen molar-refractivity contribution >= 4 is 0 Å². The largest absolute Gasteiger partial charge is 0.337 e. The second kappa shape index (κ2) is 5.10. The van der Waals surface area contributed by atoms with Crippen LogP contribution in [0.3, 0.4) is 0 Å². The van der Waals surface area contributed by atoms with Gasteiger partial charge in [-0.3, -0.25) is 0 Å². The van der Waals surface area contributed by atoms with Gasteiger partial charge in [0.1, 0.15) is 11.4 Å². The minimum Gasteiger partial charge on any atom is -0.337 e. The summed E-state index contributed by atoms with van der Waals surface area (Å²) in [5.74, 6) is 0.252. The van der Waals surface area contributed by atoms with Gasteiger partial charge in [-0.2, -0.15) is 4.98 Å². The van der Waals surface area contributed by atoms with E-state index in [1.165, 1.54) is 12.1 Å². The van der Waals surface area contributed by atoms with E-state index >= 15 is 0 Å². The number of benzene rings is 2. The molecule has 0 spiro atoms. The zero-order valence-corrected chi connectivity index (χ0v) is 11.5. The molecule has 0 bridgehead atoms. The fourth-order valence-electron chi connectivity index (χ4n) is 2.09. The molecule has 3 rings (SSSR count). The van der Waals surface area contributed by atoms with Crippen LogP contribution in [0.1, 0.15) is 18.4 Å². The second-order valence-corrected chi connectivity index (χ2v) is 5.00. The highest BCUT2D eigenvalue weighted by Crippen LogP contribution is 2.27. The van der Waals surface area contributed by atoms with Crippen LogP contribution in [0.5, 0.6) is 0 Å². The van der Waals surface area contributed by atoms with Crippen LogP contribution in [0.25, 0.3) is 11.4 Å². The topological polar surface area (TPSA) is 64.9 Å². The van der Waals surface area contributed by atoms with Crippen molar-refractivity contribution in [1.82, 2.24) is 10.1 Å². The average molecular weight is 283 g/mol. The van der Waals surface area contributed by atoms with E-state index in [9.17, 15) is 4.39 Å². The van der Waals surface area contributed by atoms with E-state index in [4.69, 9.17) is 10.3 Å². The van der Waals surface area contributed by atoms with Crippen LogP contribution in [0.2, 0.25) is 0 Å². The predicted molar refractivity (Wildman–Crippen MR) is 76.8 cm³/mol. The molecule has 0 radical (unpaired) electrons. The van der Waals surface area contributed by atoms with E-state index in [-0.39, 0.29) is 11.7 Å². The van der Waals surface area contributed by atoms with Crippen molar-refractivity contribution in [1.29, 1.82) is 0 Å². The lowest BCUT2D eigenvalue weighted by Crippen LogP contribution is -2.34. The lowest BCUT2D eigenvalue weighted by molar-refractivity contribution is 0.325. The number of hydrogen-bond acceptors (Lipinski definition) is 4. The Bertz CT molecular complexity index is 753. The summed E-state index contributed by atoms with van der Waals surface area (Å²) in [4.78, 5) is 4.30. The average Bonchev–Trinajstić information content (AvgIpc) is 2.99. The fourth-order valence-corrected chi connectivity index (χ4v) is 2.09. The molecule has 1 heterocycles. The SMILES string of the molecule is CC(N)(c1ccccc1)c1nc(-c2cccc(F)c2)no1. The number of rotatable bonds is 3. The van der Waals surface area contributed by atoms with Gasteiger partial charge in [0.15, 0.2) is 0 Å². The summed E-state index contributed by atoms with van der Waals surface area (Å²) in [6, 6.07) is 15.5. The van der Waals surface area contributed by atoms with Crippen LogP contribution in [0, 0.1) is 5.82 Å². The minimum absolute atomic E-state index is 0.285. The Morgan fingerprint density at radius 2 is 1.86 bits per heavy atom. The molecule has 0 saturated heterocycles. The molecule has 106 valence electrons. The number of nitrogens with zero attached hydrogens (tertiary/aromatic N) is 2. The molecule has 2 N–H and O–H groups in total. The first-order valence-electron chi connectivity index (χ1n) is 6.52. The fraction of sp³-hybridized carbons (Fsp3) is 0.125. The molecule has 0 saturated carbocycles. The van der Waals surface area contributed by atoms with Gasteiger partial charge in [0.25, 0.3) is 5.89 Å². The third-order valence-electron chi connectivity index (χ3n) is 3.33. The summed E-state index contributed by atoms with van der Waals surface area (Å²) in [6.07, 6.45) is 0. The van der Waals surface area contributed by atoms with Crippen molar-refractivity contribution in [3.8, 4) is 11.4 Å². The summed E-state index contributed by atoms with van der Waals surface area (Å²) in [5, 5.41) is 3.89. The van der Waals surface area contributed by atoms with Gasteiger partial charge in [-0.15, -0.1) is 0 Å². The molecular weight excluding hydrogens is 269 g/mol. The minimum atomic E-state index is -0.903. The smallest absolute Gasteiger partial charge is 0.251 e. The molecule has 0 amide bonds. The molecule has 1 aromatic heterocycles. The van der Waals surface area contributed by atoms with Crippen LogP contribution in [-0.4, -0.2) is 10.1 Å². The Morgan fingerprint density at radius 1 is 1.10 bits per heavy atom. The molecule has 3 aromatic rings. The van der Waals surface area contributed by atoms with Crippen molar-refractivity contribution in [3.05, 3.63) is 71.9 Å². The van der Waals surface area contributed by atoms with Gasteiger partial charge < -0.3 is 10.3 Å². The molecule has 1 atom stereocenters. The van der Waals surface area contributed by atoms with Crippen LogP contribution in [0.4, 0.5) is 4.39 Å². The highest BCUT2D eigenvalue weighted by molar-refractivity contribution is 5.54. The molecule has 1 unspecified atom stereocenters. The second-order valence-electron chi connectivity index (χ2n) is 5.00. The van der Waals surface area contributed by atoms with Crippen LogP contribution < -0.4 is 5.73 Å². The molecule has 0 aliphatic rings. The molecule has 4 nitrogen and oxygen atoms in total. The zero-order valence-electron chi connectivity index (χ0n) is 11.5. The summed E-state index contributed by atoms with van der Waals surface area (Å²) >= 11 is 0. The zero-order chi connectivity index (χ0) is 14.9. The van der Waals surface area contributed by atoms with E-state index < -0.39 is 5.54 Å². The monoisotopic (exact) mass is 283 g/mol. The van der Waals surface area contributed by atoms with Gasteiger partial charge in [0.05, 0.1) is 0 Å². The standard InChI is InChI=1S/C16H14FN3O/c1-16(18,12-7-3-2-4-8-12)15-19-14(20-21-15)11-6-5-9-13(17)10-11/h2-10H,18H2,1H3. The molecule has 0 fully saturated rings. The van der Waals surface area contributed by atoms with Gasteiger partial charge in [-0.1, -0.05) is 47.6 Å². The molecule has 0 aliphatic carbocycles. The van der Waals surface area contributed by atoms with Crippen LogP contribution in [-0.2, 0) is 5.54 Å². The Labute approximate surface area is 121 Å². The molecule has 0 aliphatic heterocycles. The molecule has 21 heavy (non-hydrogen) atoms. The maximum absolute atomic E-state index is 13.2. The van der Waals surface area contributed by atoms with E-state index in [1.54, 1.807) is 19.1 Å². The van der Waals surface area contributed by atoms with Gasteiger partial charge in [0, 0.05) is 5.56 Å².